The van der Waals surface area contributed by atoms with Crippen molar-refractivity contribution in [3.05, 3.63) is 12.3 Å². The van der Waals surface area contributed by atoms with Gasteiger partial charge in [0, 0.05) is 40.1 Å². The molecule has 0 fully saturated rings. The van der Waals surface area contributed by atoms with Crippen LogP contribution < -0.4 is 10.9 Å². The molecule has 0 radical (unpaired) electrons. The molecule has 0 aromatic carbocycles. The molecule has 1 atom stereocenters. The Morgan fingerprint density at radius 1 is 1.17 bits per heavy atom. The summed E-state index contributed by atoms with van der Waals surface area (Å²) in [6.07, 6.45) is 4.85. The Hall–Kier alpha value is -0.113. The summed E-state index contributed by atoms with van der Waals surface area (Å²) in [5.74, 6) is 0.458. The number of hydrogen-bond donors (Lipinski definition) is 2. The van der Waals surface area contributed by atoms with E-state index in [4.69, 9.17) is 13.3 Å². The van der Waals surface area contributed by atoms with Gasteiger partial charge >= 0.3 is 8.80 Å². The first-order chi connectivity index (χ1) is 8.17. The minimum atomic E-state index is -2.46. The molecule has 18 heavy (non-hydrogen) atoms. The molecule has 0 aromatic heterocycles. The quantitative estimate of drug-likeness (QED) is 0.367. The minimum Gasteiger partial charge on any atom is -0.377 e. The van der Waals surface area contributed by atoms with Crippen LogP contribution in [0.25, 0.3) is 0 Å². The Balaban J connectivity index is 0. The third-order valence-electron chi connectivity index (χ3n) is 2.79. The van der Waals surface area contributed by atoms with Crippen molar-refractivity contribution < 1.29 is 13.3 Å². The third kappa shape index (κ3) is 7.35. The predicted molar refractivity (Wildman–Crippen MR) is 78.6 cm³/mol. The van der Waals surface area contributed by atoms with E-state index in [1.165, 1.54) is 0 Å². The fourth-order valence-corrected chi connectivity index (χ4v) is 3.70. The van der Waals surface area contributed by atoms with Crippen LogP contribution in [-0.2, 0) is 13.3 Å². The van der Waals surface area contributed by atoms with Gasteiger partial charge in [-0.15, -0.1) is 12.4 Å². The van der Waals surface area contributed by atoms with Crippen LogP contribution in [0, 0.1) is 5.92 Å². The van der Waals surface area contributed by atoms with Crippen molar-refractivity contribution in [2.24, 2.45) is 5.92 Å². The van der Waals surface area contributed by atoms with Crippen molar-refractivity contribution in [1.82, 2.24) is 10.9 Å². The topological polar surface area (TPSA) is 51.8 Å². The van der Waals surface area contributed by atoms with E-state index < -0.39 is 8.80 Å². The molecular weight excluding hydrogens is 272 g/mol. The SMILES string of the molecule is CC=CNNCC(CC)C[Si](OC)(OC)OC.Cl. The number of allylic oxidation sites excluding steroid dienone is 1. The second-order valence-electron chi connectivity index (χ2n) is 3.80. The summed E-state index contributed by atoms with van der Waals surface area (Å²) in [6.45, 7) is 4.97. The van der Waals surface area contributed by atoms with Gasteiger partial charge < -0.3 is 18.7 Å². The lowest BCUT2D eigenvalue weighted by molar-refractivity contribution is 0.117. The predicted octanol–water partition coefficient (Wildman–Crippen LogP) is 1.94. The van der Waals surface area contributed by atoms with Gasteiger partial charge in [-0.25, -0.2) is 5.43 Å². The molecule has 0 heterocycles. The van der Waals surface area contributed by atoms with Crippen LogP contribution in [0.15, 0.2) is 12.3 Å². The van der Waals surface area contributed by atoms with E-state index in [-0.39, 0.29) is 12.4 Å². The van der Waals surface area contributed by atoms with Gasteiger partial charge in [-0.05, 0) is 12.8 Å². The molecule has 0 amide bonds. The van der Waals surface area contributed by atoms with E-state index in [2.05, 4.69) is 17.8 Å². The fraction of sp³-hybridized carbons (Fsp3) is 0.818. The van der Waals surface area contributed by atoms with Gasteiger partial charge in [0.1, 0.15) is 0 Å². The van der Waals surface area contributed by atoms with Gasteiger partial charge in [-0.2, -0.15) is 0 Å². The van der Waals surface area contributed by atoms with Crippen molar-refractivity contribution in [2.75, 3.05) is 27.9 Å². The molecule has 110 valence electrons. The van der Waals surface area contributed by atoms with E-state index in [0.717, 1.165) is 19.0 Å². The molecule has 0 saturated carbocycles. The molecule has 0 aliphatic carbocycles. The molecule has 5 nitrogen and oxygen atoms in total. The first-order valence-corrected chi connectivity index (χ1v) is 7.86. The minimum absolute atomic E-state index is 0. The number of hydrogen-bond acceptors (Lipinski definition) is 5. The molecule has 2 N–H and O–H groups in total. The standard InChI is InChI=1S/C11H26N2O3Si.ClH/c1-6-8-12-13-9-11(7-2)10-17(14-3,15-4)16-5;/h6,8,11-13H,7,9-10H2,1-5H3;1H. The van der Waals surface area contributed by atoms with Crippen LogP contribution in [0.3, 0.4) is 0 Å². The molecule has 0 aliphatic heterocycles. The van der Waals surface area contributed by atoms with Crippen molar-refractivity contribution in [3.63, 3.8) is 0 Å². The van der Waals surface area contributed by atoms with Crippen molar-refractivity contribution in [2.45, 2.75) is 26.3 Å². The molecule has 0 aliphatic rings. The van der Waals surface area contributed by atoms with Gasteiger partial charge in [0.05, 0.1) is 0 Å². The third-order valence-corrected chi connectivity index (χ3v) is 5.74. The Kier molecular flexibility index (Phi) is 13.4. The highest BCUT2D eigenvalue weighted by Crippen LogP contribution is 2.21. The van der Waals surface area contributed by atoms with Crippen LogP contribution in [-0.4, -0.2) is 36.7 Å². The van der Waals surface area contributed by atoms with Gasteiger partial charge in [0.25, 0.3) is 0 Å². The lowest BCUT2D eigenvalue weighted by Crippen LogP contribution is -2.46. The molecule has 7 heteroatoms. The molecule has 0 bridgehead atoms. The van der Waals surface area contributed by atoms with Gasteiger partial charge in [-0.1, -0.05) is 19.4 Å². The van der Waals surface area contributed by atoms with E-state index in [9.17, 15) is 0 Å². The molecule has 1 unspecified atom stereocenters. The Bertz CT molecular complexity index is 208. The van der Waals surface area contributed by atoms with Crippen LogP contribution in [0.1, 0.15) is 20.3 Å². The highest BCUT2D eigenvalue weighted by Gasteiger charge is 2.39. The van der Waals surface area contributed by atoms with Gasteiger partial charge in [0.15, 0.2) is 0 Å². The zero-order valence-electron chi connectivity index (χ0n) is 12.0. The highest BCUT2D eigenvalue weighted by atomic mass is 35.5. The maximum absolute atomic E-state index is 5.43. The first-order valence-electron chi connectivity index (χ1n) is 5.93. The van der Waals surface area contributed by atoms with Crippen LogP contribution in [0.4, 0.5) is 0 Å². The normalized spacial score (nSPS) is 13.4. The lowest BCUT2D eigenvalue weighted by atomic mass is 10.1. The van der Waals surface area contributed by atoms with Crippen molar-refractivity contribution in [3.8, 4) is 0 Å². The van der Waals surface area contributed by atoms with E-state index in [1.54, 1.807) is 21.3 Å². The summed E-state index contributed by atoms with van der Waals surface area (Å²) < 4.78 is 16.3. The zero-order chi connectivity index (χ0) is 13.1. The monoisotopic (exact) mass is 298 g/mol. The van der Waals surface area contributed by atoms with Crippen molar-refractivity contribution >= 4 is 21.2 Å². The Morgan fingerprint density at radius 2 is 1.72 bits per heavy atom. The summed E-state index contributed by atoms with van der Waals surface area (Å²) in [7, 11) is 2.49. The summed E-state index contributed by atoms with van der Waals surface area (Å²) >= 11 is 0. The fourth-order valence-electron chi connectivity index (χ4n) is 1.56. The molecule has 0 saturated heterocycles. The van der Waals surface area contributed by atoms with Crippen LogP contribution >= 0.6 is 12.4 Å². The first kappa shape index (κ1) is 20.2. The molecule has 0 rings (SSSR count). The van der Waals surface area contributed by atoms with Crippen LogP contribution in [0.5, 0.6) is 0 Å². The highest BCUT2D eigenvalue weighted by molar-refractivity contribution is 6.60. The van der Waals surface area contributed by atoms with Crippen molar-refractivity contribution in [1.29, 1.82) is 0 Å². The summed E-state index contributed by atoms with van der Waals surface area (Å²) in [6, 6.07) is 0.817. The second kappa shape index (κ2) is 11.9. The Morgan fingerprint density at radius 3 is 2.11 bits per heavy atom. The number of hydrazine groups is 1. The van der Waals surface area contributed by atoms with E-state index >= 15 is 0 Å². The van der Waals surface area contributed by atoms with E-state index in [0.29, 0.717) is 5.92 Å². The maximum atomic E-state index is 5.43. The molecule has 0 spiro atoms. The maximum Gasteiger partial charge on any atom is 0.500 e. The lowest BCUT2D eigenvalue weighted by Gasteiger charge is -2.28. The number of halogens is 1. The van der Waals surface area contributed by atoms with E-state index in [1.807, 2.05) is 19.2 Å². The number of nitrogens with one attached hydrogen (secondary N) is 2. The summed E-state index contributed by atoms with van der Waals surface area (Å²) in [5, 5.41) is 0. The van der Waals surface area contributed by atoms with Gasteiger partial charge in [-0.3, -0.25) is 0 Å². The van der Waals surface area contributed by atoms with Crippen LogP contribution in [0.2, 0.25) is 6.04 Å². The molecule has 0 aromatic rings. The largest absolute Gasteiger partial charge is 0.500 e. The number of rotatable bonds is 10. The average molecular weight is 299 g/mol. The Labute approximate surface area is 118 Å². The van der Waals surface area contributed by atoms with Gasteiger partial charge in [0.2, 0.25) is 0 Å². The average Bonchev–Trinajstić information content (AvgIpc) is 2.39. The zero-order valence-corrected chi connectivity index (χ0v) is 13.8. The summed E-state index contributed by atoms with van der Waals surface area (Å²) in [5.41, 5.74) is 6.15. The molecular formula is C11H27ClN2O3Si. The second-order valence-corrected chi connectivity index (χ2v) is 6.80. The summed E-state index contributed by atoms with van der Waals surface area (Å²) in [4.78, 5) is 0. The smallest absolute Gasteiger partial charge is 0.377 e.